The topological polar surface area (TPSA) is 114 Å². The number of carbonyl (C=O) groups excluding carboxylic acids is 2. The molecule has 150 valence electrons. The summed E-state index contributed by atoms with van der Waals surface area (Å²) in [5.74, 6) is -0.397. The van der Waals surface area contributed by atoms with E-state index in [4.69, 9.17) is 4.74 Å². The molecule has 0 aliphatic heterocycles. The predicted octanol–water partition coefficient (Wildman–Crippen LogP) is 2.64. The maximum absolute atomic E-state index is 12.6. The van der Waals surface area contributed by atoms with Crippen molar-refractivity contribution in [3.63, 3.8) is 0 Å². The summed E-state index contributed by atoms with van der Waals surface area (Å²) in [5.41, 5.74) is 0.717. The Kier molecular flexibility index (Phi) is 10.1. The SMILES string of the molecule is CCCCC(CCC(C(=O)NC(=O)NC)c1ccc(OC)cc1)N=S(=O)=O. The van der Waals surface area contributed by atoms with Crippen molar-refractivity contribution in [1.29, 1.82) is 0 Å². The highest BCUT2D eigenvalue weighted by molar-refractivity contribution is 7.61. The first-order chi connectivity index (χ1) is 12.9. The van der Waals surface area contributed by atoms with Gasteiger partial charge in [-0.1, -0.05) is 31.9 Å². The van der Waals surface area contributed by atoms with Gasteiger partial charge in [-0.25, -0.2) is 4.79 Å². The minimum Gasteiger partial charge on any atom is -0.497 e. The molecule has 3 amide bonds. The summed E-state index contributed by atoms with van der Waals surface area (Å²) >= 11 is 0. The van der Waals surface area contributed by atoms with E-state index in [2.05, 4.69) is 15.0 Å². The van der Waals surface area contributed by atoms with Crippen LogP contribution in [0, 0.1) is 0 Å². The zero-order chi connectivity index (χ0) is 20.2. The molecular formula is C18H27N3O5S. The van der Waals surface area contributed by atoms with E-state index >= 15 is 0 Å². The third-order valence-corrected chi connectivity index (χ3v) is 4.68. The van der Waals surface area contributed by atoms with Crippen molar-refractivity contribution >= 4 is 22.4 Å². The van der Waals surface area contributed by atoms with Gasteiger partial charge in [0.25, 0.3) is 0 Å². The van der Waals surface area contributed by atoms with Crippen molar-refractivity contribution in [2.24, 2.45) is 4.36 Å². The van der Waals surface area contributed by atoms with Crippen molar-refractivity contribution < 1.29 is 22.7 Å². The van der Waals surface area contributed by atoms with Crippen LogP contribution < -0.4 is 15.4 Å². The number of nitrogens with zero attached hydrogens (tertiary/aromatic N) is 1. The van der Waals surface area contributed by atoms with Gasteiger partial charge in [-0.3, -0.25) is 10.1 Å². The molecule has 0 fully saturated rings. The van der Waals surface area contributed by atoms with E-state index in [0.717, 1.165) is 18.4 Å². The van der Waals surface area contributed by atoms with Crippen molar-refractivity contribution in [3.05, 3.63) is 29.8 Å². The van der Waals surface area contributed by atoms with Crippen molar-refractivity contribution in [3.8, 4) is 5.75 Å². The Morgan fingerprint density at radius 2 is 1.81 bits per heavy atom. The maximum Gasteiger partial charge on any atom is 0.321 e. The predicted molar refractivity (Wildman–Crippen MR) is 102 cm³/mol. The minimum atomic E-state index is -2.49. The van der Waals surface area contributed by atoms with Gasteiger partial charge in [0.05, 0.1) is 19.1 Å². The average Bonchev–Trinajstić information content (AvgIpc) is 2.65. The molecule has 0 radical (unpaired) electrons. The molecule has 0 saturated heterocycles. The maximum atomic E-state index is 12.6. The molecule has 0 spiro atoms. The van der Waals surface area contributed by atoms with Crippen molar-refractivity contribution in [2.75, 3.05) is 14.2 Å². The Balaban J connectivity index is 2.99. The lowest BCUT2D eigenvalue weighted by Crippen LogP contribution is -2.40. The van der Waals surface area contributed by atoms with E-state index in [1.807, 2.05) is 6.92 Å². The fourth-order valence-corrected chi connectivity index (χ4v) is 3.17. The zero-order valence-corrected chi connectivity index (χ0v) is 16.7. The first-order valence-electron chi connectivity index (χ1n) is 8.88. The van der Waals surface area contributed by atoms with E-state index in [0.29, 0.717) is 25.0 Å². The minimum absolute atomic E-state index is 0.365. The highest BCUT2D eigenvalue weighted by Crippen LogP contribution is 2.26. The van der Waals surface area contributed by atoms with Crippen LogP contribution >= 0.6 is 0 Å². The molecule has 2 N–H and O–H groups in total. The third-order valence-electron chi connectivity index (χ3n) is 4.21. The lowest BCUT2D eigenvalue weighted by molar-refractivity contribution is -0.121. The average molecular weight is 397 g/mol. The lowest BCUT2D eigenvalue weighted by atomic mass is 9.90. The van der Waals surface area contributed by atoms with E-state index in [1.165, 1.54) is 7.05 Å². The monoisotopic (exact) mass is 397 g/mol. The van der Waals surface area contributed by atoms with E-state index < -0.39 is 28.4 Å². The van der Waals surface area contributed by atoms with Crippen molar-refractivity contribution in [1.82, 2.24) is 10.6 Å². The standard InChI is InChI=1S/C18H27N3O5S/c1-4-5-6-14(21-27(24)25)9-12-16(17(22)20-18(23)19-2)13-7-10-15(26-3)11-8-13/h7-8,10-11,14,16H,4-6,9,12H2,1-3H3,(H2,19,20,22,23). The highest BCUT2D eigenvalue weighted by Gasteiger charge is 2.24. The molecule has 0 saturated carbocycles. The second-order valence-corrected chi connectivity index (χ2v) is 6.74. The zero-order valence-electron chi connectivity index (χ0n) is 15.9. The number of benzene rings is 1. The van der Waals surface area contributed by atoms with Crippen molar-refractivity contribution in [2.45, 2.75) is 51.0 Å². The molecule has 0 aliphatic carbocycles. The molecule has 1 rings (SSSR count). The van der Waals surface area contributed by atoms with Gasteiger partial charge in [-0.2, -0.15) is 12.8 Å². The molecule has 2 atom stereocenters. The number of imide groups is 1. The smallest absolute Gasteiger partial charge is 0.321 e. The fraction of sp³-hybridized carbons (Fsp3) is 0.556. The number of urea groups is 1. The molecule has 0 bridgehead atoms. The van der Waals surface area contributed by atoms with Crippen LogP contribution in [0.25, 0.3) is 0 Å². The van der Waals surface area contributed by atoms with Crippen LogP contribution in [0.4, 0.5) is 4.79 Å². The molecular weight excluding hydrogens is 370 g/mol. The number of rotatable bonds is 10. The molecule has 1 aromatic carbocycles. The molecule has 2 unspecified atom stereocenters. The summed E-state index contributed by atoms with van der Waals surface area (Å²) in [6.07, 6.45) is 3.20. The number of unbranched alkanes of at least 4 members (excludes halogenated alkanes) is 1. The largest absolute Gasteiger partial charge is 0.497 e. The fourth-order valence-electron chi connectivity index (χ4n) is 2.72. The van der Waals surface area contributed by atoms with Gasteiger partial charge in [0.1, 0.15) is 5.75 Å². The first kappa shape index (κ1) is 22.6. The van der Waals surface area contributed by atoms with Crippen LogP contribution in [0.3, 0.4) is 0 Å². The number of ether oxygens (including phenoxy) is 1. The second-order valence-electron chi connectivity index (χ2n) is 6.09. The number of amides is 3. The summed E-state index contributed by atoms with van der Waals surface area (Å²) in [5, 5.41) is 4.64. The Morgan fingerprint density at radius 1 is 1.15 bits per heavy atom. The van der Waals surface area contributed by atoms with Crippen LogP contribution in [-0.4, -0.2) is 40.6 Å². The van der Waals surface area contributed by atoms with E-state index in [9.17, 15) is 18.0 Å². The summed E-state index contributed by atoms with van der Waals surface area (Å²) < 4.78 is 30.8. The number of methoxy groups -OCH3 is 1. The lowest BCUT2D eigenvalue weighted by Gasteiger charge is -2.19. The quantitative estimate of drug-likeness (QED) is 0.630. The van der Waals surface area contributed by atoms with Crippen LogP contribution in [0.15, 0.2) is 28.6 Å². The molecule has 1 aromatic rings. The van der Waals surface area contributed by atoms with Crippen LogP contribution in [0.1, 0.15) is 50.5 Å². The number of hydrogen-bond acceptors (Lipinski definition) is 6. The Morgan fingerprint density at radius 3 is 2.33 bits per heavy atom. The van der Waals surface area contributed by atoms with Crippen LogP contribution in [-0.2, 0) is 15.3 Å². The molecule has 0 aromatic heterocycles. The molecule has 8 nitrogen and oxygen atoms in total. The van der Waals surface area contributed by atoms with Gasteiger partial charge >= 0.3 is 16.5 Å². The highest BCUT2D eigenvalue weighted by atomic mass is 32.2. The normalized spacial score (nSPS) is 12.6. The molecule has 9 heteroatoms. The van der Waals surface area contributed by atoms with E-state index in [-0.39, 0.29) is 6.04 Å². The Hall–Kier alpha value is -2.42. The summed E-state index contributed by atoms with van der Waals surface area (Å²) in [4.78, 5) is 24.1. The van der Waals surface area contributed by atoms with Gasteiger partial charge in [0.15, 0.2) is 0 Å². The van der Waals surface area contributed by atoms with Gasteiger partial charge in [-0.05, 0) is 37.0 Å². The summed E-state index contributed by atoms with van der Waals surface area (Å²) in [6, 6.07) is 6.03. The van der Waals surface area contributed by atoms with Gasteiger partial charge in [0.2, 0.25) is 5.91 Å². The molecule has 0 heterocycles. The van der Waals surface area contributed by atoms with Gasteiger partial charge in [-0.15, -0.1) is 0 Å². The Labute approximate surface area is 161 Å². The Bertz CT molecular complexity index is 739. The number of carbonyl (C=O) groups is 2. The molecule has 0 aliphatic rings. The second kappa shape index (κ2) is 12.1. The summed E-state index contributed by atoms with van der Waals surface area (Å²) in [6.45, 7) is 2.02. The number of hydrogen-bond donors (Lipinski definition) is 2. The van der Waals surface area contributed by atoms with Crippen LogP contribution in [0.5, 0.6) is 5.75 Å². The number of nitrogens with one attached hydrogen (secondary N) is 2. The van der Waals surface area contributed by atoms with Gasteiger partial charge < -0.3 is 10.1 Å². The first-order valence-corrected chi connectivity index (χ1v) is 9.91. The third kappa shape index (κ3) is 8.21. The molecule has 27 heavy (non-hydrogen) atoms. The summed E-state index contributed by atoms with van der Waals surface area (Å²) in [7, 11) is 0.484. The van der Waals surface area contributed by atoms with Gasteiger partial charge in [0, 0.05) is 7.05 Å². The van der Waals surface area contributed by atoms with E-state index in [1.54, 1.807) is 31.4 Å². The van der Waals surface area contributed by atoms with Crippen LogP contribution in [0.2, 0.25) is 0 Å².